The highest BCUT2D eigenvalue weighted by Gasteiger charge is 2.29. The molecule has 1 aliphatic carbocycles. The van der Waals surface area contributed by atoms with Crippen molar-refractivity contribution in [1.82, 2.24) is 5.32 Å². The van der Waals surface area contributed by atoms with Gasteiger partial charge in [0.15, 0.2) is 17.5 Å². The smallest absolute Gasteiger partial charge is 0.254 e. The lowest BCUT2D eigenvalue weighted by molar-refractivity contribution is 0.0910. The summed E-state index contributed by atoms with van der Waals surface area (Å²) in [7, 11) is 0. The van der Waals surface area contributed by atoms with E-state index in [4.69, 9.17) is 5.11 Å². The number of aliphatic hydroxyl groups excluding tert-OH is 1. The summed E-state index contributed by atoms with van der Waals surface area (Å²) in [5.41, 5.74) is -0.525. The van der Waals surface area contributed by atoms with Gasteiger partial charge in [-0.3, -0.25) is 4.79 Å². The van der Waals surface area contributed by atoms with Crippen LogP contribution in [0.2, 0.25) is 0 Å². The van der Waals surface area contributed by atoms with Gasteiger partial charge < -0.3 is 10.4 Å². The number of hydrogen-bond acceptors (Lipinski definition) is 2. The molecule has 1 aromatic rings. The fraction of sp³-hybridized carbons (Fsp3) is 0.462. The predicted octanol–water partition coefficient (Wildman–Crippen LogP) is 1.99. The molecule has 0 aliphatic heterocycles. The Morgan fingerprint density at radius 2 is 2.00 bits per heavy atom. The van der Waals surface area contributed by atoms with Gasteiger partial charge in [0, 0.05) is 18.6 Å². The van der Waals surface area contributed by atoms with Crippen molar-refractivity contribution in [1.29, 1.82) is 0 Å². The molecular weight excluding hydrogens is 259 g/mol. The maximum absolute atomic E-state index is 13.4. The first-order valence-electron chi connectivity index (χ1n) is 6.09. The van der Waals surface area contributed by atoms with Crippen molar-refractivity contribution in [2.45, 2.75) is 25.3 Å². The minimum absolute atomic E-state index is 0.0643. The molecule has 2 atom stereocenters. The summed E-state index contributed by atoms with van der Waals surface area (Å²) >= 11 is 0. The second kappa shape index (κ2) is 5.61. The Hall–Kier alpha value is -1.56. The summed E-state index contributed by atoms with van der Waals surface area (Å²) in [6.45, 7) is -0.0643. The molecule has 0 spiro atoms. The molecular formula is C13H14F3NO2. The van der Waals surface area contributed by atoms with Crippen molar-refractivity contribution < 1.29 is 23.1 Å². The van der Waals surface area contributed by atoms with Gasteiger partial charge in [-0.15, -0.1) is 0 Å². The standard InChI is InChI=1S/C13H14F3NO2/c14-9-5-4-8(11(15)12(9)16)13(19)17-10-3-1-2-7(10)6-18/h4-5,7,10,18H,1-3,6H2,(H,17,19). The third-order valence-corrected chi connectivity index (χ3v) is 3.49. The average Bonchev–Trinajstić information content (AvgIpc) is 2.83. The highest BCUT2D eigenvalue weighted by atomic mass is 19.2. The normalized spacial score (nSPS) is 22.5. The largest absolute Gasteiger partial charge is 0.396 e. The number of benzene rings is 1. The molecule has 19 heavy (non-hydrogen) atoms. The third kappa shape index (κ3) is 2.73. The topological polar surface area (TPSA) is 49.3 Å². The number of amides is 1. The van der Waals surface area contributed by atoms with E-state index >= 15 is 0 Å². The van der Waals surface area contributed by atoms with E-state index in [1.54, 1.807) is 0 Å². The Kier molecular flexibility index (Phi) is 4.09. The fourth-order valence-corrected chi connectivity index (χ4v) is 2.39. The van der Waals surface area contributed by atoms with Crippen molar-refractivity contribution in [3.8, 4) is 0 Å². The zero-order valence-corrected chi connectivity index (χ0v) is 10.1. The van der Waals surface area contributed by atoms with E-state index in [1.165, 1.54) is 0 Å². The quantitative estimate of drug-likeness (QED) is 0.827. The van der Waals surface area contributed by atoms with E-state index in [1.807, 2.05) is 0 Å². The molecule has 2 unspecified atom stereocenters. The van der Waals surface area contributed by atoms with Crippen molar-refractivity contribution in [3.05, 3.63) is 35.1 Å². The van der Waals surface area contributed by atoms with Crippen LogP contribution in [-0.4, -0.2) is 23.7 Å². The molecule has 0 heterocycles. The predicted molar refractivity (Wildman–Crippen MR) is 62.0 cm³/mol. The highest BCUT2D eigenvalue weighted by Crippen LogP contribution is 2.25. The summed E-state index contributed by atoms with van der Waals surface area (Å²) in [4.78, 5) is 11.8. The van der Waals surface area contributed by atoms with Crippen LogP contribution >= 0.6 is 0 Å². The molecule has 6 heteroatoms. The van der Waals surface area contributed by atoms with Gasteiger partial charge in [0.1, 0.15) is 0 Å². The van der Waals surface area contributed by atoms with E-state index < -0.39 is 28.9 Å². The Bertz CT molecular complexity index is 493. The summed E-state index contributed by atoms with van der Waals surface area (Å²) in [5, 5.41) is 11.7. The Morgan fingerprint density at radius 3 is 2.68 bits per heavy atom. The van der Waals surface area contributed by atoms with Crippen LogP contribution in [0, 0.1) is 23.4 Å². The van der Waals surface area contributed by atoms with Gasteiger partial charge in [-0.2, -0.15) is 0 Å². The average molecular weight is 273 g/mol. The highest BCUT2D eigenvalue weighted by molar-refractivity contribution is 5.94. The number of nitrogens with one attached hydrogen (secondary N) is 1. The summed E-state index contributed by atoms with van der Waals surface area (Å²) in [5.74, 6) is -5.34. The number of aliphatic hydroxyl groups is 1. The molecule has 0 saturated heterocycles. The van der Waals surface area contributed by atoms with Crippen molar-refractivity contribution in [2.24, 2.45) is 5.92 Å². The van der Waals surface area contributed by atoms with Crippen LogP contribution in [0.5, 0.6) is 0 Å². The first-order valence-corrected chi connectivity index (χ1v) is 6.09. The van der Waals surface area contributed by atoms with Gasteiger partial charge in [-0.1, -0.05) is 6.42 Å². The molecule has 0 bridgehead atoms. The number of hydrogen-bond donors (Lipinski definition) is 2. The molecule has 1 saturated carbocycles. The lowest BCUT2D eigenvalue weighted by Crippen LogP contribution is -2.39. The fourth-order valence-electron chi connectivity index (χ4n) is 2.39. The lowest BCUT2D eigenvalue weighted by Gasteiger charge is -2.19. The van der Waals surface area contributed by atoms with Gasteiger partial charge in [0.25, 0.3) is 5.91 Å². The van der Waals surface area contributed by atoms with E-state index in [0.29, 0.717) is 12.5 Å². The first-order chi connectivity index (χ1) is 9.04. The van der Waals surface area contributed by atoms with Crippen LogP contribution in [0.3, 0.4) is 0 Å². The minimum Gasteiger partial charge on any atom is -0.396 e. The molecule has 104 valence electrons. The van der Waals surface area contributed by atoms with E-state index in [0.717, 1.165) is 18.9 Å². The molecule has 1 aliphatic rings. The van der Waals surface area contributed by atoms with E-state index in [-0.39, 0.29) is 18.6 Å². The van der Waals surface area contributed by atoms with Crippen LogP contribution < -0.4 is 5.32 Å². The van der Waals surface area contributed by atoms with Crippen molar-refractivity contribution in [2.75, 3.05) is 6.61 Å². The first kappa shape index (κ1) is 13.9. The van der Waals surface area contributed by atoms with Crippen molar-refractivity contribution >= 4 is 5.91 Å². The van der Waals surface area contributed by atoms with Crippen molar-refractivity contribution in [3.63, 3.8) is 0 Å². The molecule has 1 amide bonds. The lowest BCUT2D eigenvalue weighted by atomic mass is 10.0. The van der Waals surface area contributed by atoms with Crippen LogP contribution in [-0.2, 0) is 0 Å². The Balaban J connectivity index is 2.14. The van der Waals surface area contributed by atoms with Gasteiger partial charge in [-0.05, 0) is 25.0 Å². The molecule has 2 rings (SSSR count). The number of carbonyl (C=O) groups excluding carboxylic acids is 1. The minimum atomic E-state index is -1.65. The maximum atomic E-state index is 13.4. The van der Waals surface area contributed by atoms with Gasteiger partial charge in [0.2, 0.25) is 0 Å². The zero-order chi connectivity index (χ0) is 14.0. The molecule has 3 nitrogen and oxygen atoms in total. The SMILES string of the molecule is O=C(NC1CCCC1CO)c1ccc(F)c(F)c1F. The molecule has 2 N–H and O–H groups in total. The zero-order valence-electron chi connectivity index (χ0n) is 10.1. The summed E-state index contributed by atoms with van der Waals surface area (Å²) < 4.78 is 39.2. The van der Waals surface area contributed by atoms with Gasteiger partial charge in [0.05, 0.1) is 5.56 Å². The second-order valence-corrected chi connectivity index (χ2v) is 4.68. The second-order valence-electron chi connectivity index (χ2n) is 4.68. The Labute approximate surface area is 108 Å². The molecule has 0 radical (unpaired) electrons. The molecule has 0 aromatic heterocycles. The maximum Gasteiger partial charge on any atom is 0.254 e. The molecule has 1 fully saturated rings. The summed E-state index contributed by atoms with van der Waals surface area (Å²) in [6, 6.07) is 1.36. The van der Waals surface area contributed by atoms with Gasteiger partial charge in [-0.25, -0.2) is 13.2 Å². The van der Waals surface area contributed by atoms with Crippen LogP contribution in [0.25, 0.3) is 0 Å². The summed E-state index contributed by atoms with van der Waals surface area (Å²) in [6.07, 6.45) is 2.32. The Morgan fingerprint density at radius 1 is 1.26 bits per heavy atom. The van der Waals surface area contributed by atoms with Gasteiger partial charge >= 0.3 is 0 Å². The van der Waals surface area contributed by atoms with Crippen LogP contribution in [0.1, 0.15) is 29.6 Å². The molecule has 1 aromatic carbocycles. The third-order valence-electron chi connectivity index (χ3n) is 3.49. The number of halogens is 3. The number of carbonyl (C=O) groups is 1. The van der Waals surface area contributed by atoms with Crippen LogP contribution in [0.4, 0.5) is 13.2 Å². The van der Waals surface area contributed by atoms with Crippen LogP contribution in [0.15, 0.2) is 12.1 Å². The van der Waals surface area contributed by atoms with E-state index in [9.17, 15) is 18.0 Å². The monoisotopic (exact) mass is 273 g/mol. The number of rotatable bonds is 3. The van der Waals surface area contributed by atoms with E-state index in [2.05, 4.69) is 5.32 Å².